The second-order valence-electron chi connectivity index (χ2n) is 6.32. The molecule has 2 saturated heterocycles. The Morgan fingerprint density at radius 2 is 2.29 bits per heavy atom. The zero-order valence-corrected chi connectivity index (χ0v) is 14.1. The summed E-state index contributed by atoms with van der Waals surface area (Å²) in [4.78, 5) is 20.9. The van der Waals surface area contributed by atoms with E-state index in [-0.39, 0.29) is 5.91 Å². The molecule has 1 atom stereocenters. The van der Waals surface area contributed by atoms with Gasteiger partial charge in [0.15, 0.2) is 0 Å². The van der Waals surface area contributed by atoms with E-state index in [2.05, 4.69) is 9.88 Å². The largest absolute Gasteiger partial charge is 0.383 e. The molecule has 0 aliphatic carbocycles. The summed E-state index contributed by atoms with van der Waals surface area (Å²) >= 11 is 0. The van der Waals surface area contributed by atoms with Crippen LogP contribution in [0.3, 0.4) is 0 Å². The van der Waals surface area contributed by atoms with Crippen LogP contribution in [0.4, 0.5) is 0 Å². The fourth-order valence-corrected chi connectivity index (χ4v) is 3.27. The third-order valence-corrected chi connectivity index (χ3v) is 4.48. The van der Waals surface area contributed by atoms with Crippen LogP contribution in [0.2, 0.25) is 0 Å². The average molecular weight is 335 g/mol. The van der Waals surface area contributed by atoms with Crippen LogP contribution in [0, 0.1) is 0 Å². The highest BCUT2D eigenvalue weighted by molar-refractivity contribution is 5.94. The van der Waals surface area contributed by atoms with Gasteiger partial charge in [-0.15, -0.1) is 0 Å². The van der Waals surface area contributed by atoms with Crippen molar-refractivity contribution < 1.29 is 19.0 Å². The lowest BCUT2D eigenvalue weighted by molar-refractivity contribution is -0.133. The molecule has 2 fully saturated rings. The summed E-state index contributed by atoms with van der Waals surface area (Å²) in [6.45, 7) is 5.93. The summed E-state index contributed by atoms with van der Waals surface area (Å²) in [5.74, 6) is -0.00142. The Bertz CT molecular complexity index is 542. The smallest absolute Gasteiger partial charge is 0.255 e. The molecule has 7 heteroatoms. The van der Waals surface area contributed by atoms with Crippen molar-refractivity contribution in [3.8, 4) is 0 Å². The van der Waals surface area contributed by atoms with Crippen LogP contribution in [-0.2, 0) is 14.2 Å². The van der Waals surface area contributed by atoms with Crippen molar-refractivity contribution in [1.82, 2.24) is 14.8 Å². The SMILES string of the molecule is COCCN1CCOCC2(C1)CN(C(=O)c1cccnc1)CCO2. The number of hydrogen-bond donors (Lipinski definition) is 0. The number of amides is 1. The van der Waals surface area contributed by atoms with Gasteiger partial charge in [0.2, 0.25) is 0 Å². The Balaban J connectivity index is 1.69. The van der Waals surface area contributed by atoms with Gasteiger partial charge in [-0.2, -0.15) is 0 Å². The van der Waals surface area contributed by atoms with Crippen molar-refractivity contribution in [2.75, 3.05) is 66.3 Å². The number of methoxy groups -OCH3 is 1. The van der Waals surface area contributed by atoms with E-state index < -0.39 is 5.60 Å². The highest BCUT2D eigenvalue weighted by Gasteiger charge is 2.41. The minimum Gasteiger partial charge on any atom is -0.383 e. The fraction of sp³-hybridized carbons (Fsp3) is 0.647. The van der Waals surface area contributed by atoms with Gasteiger partial charge >= 0.3 is 0 Å². The predicted octanol–water partition coefficient (Wildman–Crippen LogP) is 0.271. The molecule has 2 aliphatic rings. The maximum atomic E-state index is 12.7. The number of aromatic nitrogens is 1. The second kappa shape index (κ2) is 8.02. The molecule has 1 aromatic rings. The highest BCUT2D eigenvalue weighted by atomic mass is 16.5. The fourth-order valence-electron chi connectivity index (χ4n) is 3.27. The molecule has 7 nitrogen and oxygen atoms in total. The third kappa shape index (κ3) is 4.10. The van der Waals surface area contributed by atoms with E-state index in [4.69, 9.17) is 14.2 Å². The first kappa shape index (κ1) is 17.3. The monoisotopic (exact) mass is 335 g/mol. The van der Waals surface area contributed by atoms with Crippen molar-refractivity contribution in [3.63, 3.8) is 0 Å². The molecule has 0 bridgehead atoms. The standard InChI is InChI=1S/C17H25N3O4/c1-22-8-5-19-6-9-23-14-17(12-19)13-20(7-10-24-17)16(21)15-3-2-4-18-11-15/h2-4,11H,5-10,12-14H2,1H3. The van der Waals surface area contributed by atoms with Crippen LogP contribution in [0.1, 0.15) is 10.4 Å². The van der Waals surface area contributed by atoms with Gasteiger partial charge in [-0.25, -0.2) is 0 Å². The molecule has 1 spiro atoms. The molecule has 0 radical (unpaired) electrons. The third-order valence-electron chi connectivity index (χ3n) is 4.48. The molecule has 3 heterocycles. The maximum Gasteiger partial charge on any atom is 0.255 e. The summed E-state index contributed by atoms with van der Waals surface area (Å²) in [6, 6.07) is 3.58. The minimum absolute atomic E-state index is 0.00142. The lowest BCUT2D eigenvalue weighted by Crippen LogP contribution is -2.60. The highest BCUT2D eigenvalue weighted by Crippen LogP contribution is 2.23. The first-order chi connectivity index (χ1) is 11.7. The lowest BCUT2D eigenvalue weighted by atomic mass is 10.0. The summed E-state index contributed by atoms with van der Waals surface area (Å²) in [7, 11) is 1.70. The van der Waals surface area contributed by atoms with Crippen LogP contribution in [0.15, 0.2) is 24.5 Å². The van der Waals surface area contributed by atoms with Gasteiger partial charge in [0.1, 0.15) is 5.60 Å². The number of ether oxygens (including phenoxy) is 3. The number of pyridine rings is 1. The maximum absolute atomic E-state index is 12.7. The van der Waals surface area contributed by atoms with E-state index in [1.807, 2.05) is 4.90 Å². The van der Waals surface area contributed by atoms with Crippen molar-refractivity contribution >= 4 is 5.91 Å². The zero-order chi connectivity index (χ0) is 16.8. The number of carbonyl (C=O) groups is 1. The van der Waals surface area contributed by atoms with Crippen molar-refractivity contribution in [1.29, 1.82) is 0 Å². The Kier molecular flexibility index (Phi) is 5.78. The van der Waals surface area contributed by atoms with Crippen LogP contribution >= 0.6 is 0 Å². The molecule has 0 aromatic carbocycles. The molecule has 0 saturated carbocycles. The number of nitrogens with zero attached hydrogens (tertiary/aromatic N) is 3. The predicted molar refractivity (Wildman–Crippen MR) is 88.0 cm³/mol. The summed E-state index contributed by atoms with van der Waals surface area (Å²) < 4.78 is 17.1. The van der Waals surface area contributed by atoms with Gasteiger partial charge in [-0.1, -0.05) is 0 Å². The van der Waals surface area contributed by atoms with Crippen LogP contribution in [0.25, 0.3) is 0 Å². The molecule has 24 heavy (non-hydrogen) atoms. The average Bonchev–Trinajstić information content (AvgIpc) is 2.82. The molecule has 0 N–H and O–H groups in total. The van der Waals surface area contributed by atoms with Crippen LogP contribution in [-0.4, -0.2) is 92.6 Å². The summed E-state index contributed by atoms with van der Waals surface area (Å²) in [5, 5.41) is 0. The molecule has 132 valence electrons. The van der Waals surface area contributed by atoms with E-state index in [0.29, 0.717) is 45.1 Å². The van der Waals surface area contributed by atoms with E-state index in [1.54, 1.807) is 31.6 Å². The van der Waals surface area contributed by atoms with Crippen molar-refractivity contribution in [2.45, 2.75) is 5.60 Å². The molecular weight excluding hydrogens is 310 g/mol. The van der Waals surface area contributed by atoms with Crippen molar-refractivity contribution in [2.24, 2.45) is 0 Å². The Hall–Kier alpha value is -1.54. The van der Waals surface area contributed by atoms with Gasteiger partial charge in [0.05, 0.1) is 38.5 Å². The first-order valence-electron chi connectivity index (χ1n) is 8.35. The number of rotatable bonds is 4. The topological polar surface area (TPSA) is 64.1 Å². The van der Waals surface area contributed by atoms with E-state index >= 15 is 0 Å². The quantitative estimate of drug-likeness (QED) is 0.787. The Morgan fingerprint density at radius 1 is 1.38 bits per heavy atom. The molecule has 1 aromatic heterocycles. The Morgan fingerprint density at radius 3 is 3.08 bits per heavy atom. The van der Waals surface area contributed by atoms with Gasteiger partial charge < -0.3 is 19.1 Å². The molecule has 2 aliphatic heterocycles. The number of morpholine rings is 1. The van der Waals surface area contributed by atoms with Gasteiger partial charge in [-0.05, 0) is 12.1 Å². The normalized spacial score (nSPS) is 25.6. The van der Waals surface area contributed by atoms with Gasteiger partial charge in [0, 0.05) is 45.7 Å². The summed E-state index contributed by atoms with van der Waals surface area (Å²) in [6.07, 6.45) is 3.28. The van der Waals surface area contributed by atoms with Crippen LogP contribution < -0.4 is 0 Å². The van der Waals surface area contributed by atoms with Crippen LogP contribution in [0.5, 0.6) is 0 Å². The second-order valence-corrected chi connectivity index (χ2v) is 6.32. The first-order valence-corrected chi connectivity index (χ1v) is 8.35. The van der Waals surface area contributed by atoms with Gasteiger partial charge in [-0.3, -0.25) is 14.7 Å². The molecule has 3 rings (SSSR count). The molecular formula is C17H25N3O4. The lowest BCUT2D eigenvalue weighted by Gasteiger charge is -2.43. The van der Waals surface area contributed by atoms with E-state index in [9.17, 15) is 4.79 Å². The summed E-state index contributed by atoms with van der Waals surface area (Å²) in [5.41, 5.74) is 0.140. The molecule has 1 unspecified atom stereocenters. The van der Waals surface area contributed by atoms with E-state index in [1.165, 1.54) is 0 Å². The number of carbonyl (C=O) groups excluding carboxylic acids is 1. The number of hydrogen-bond acceptors (Lipinski definition) is 6. The Labute approximate surface area is 142 Å². The minimum atomic E-state index is -0.472. The van der Waals surface area contributed by atoms with Gasteiger partial charge in [0.25, 0.3) is 5.91 Å². The van der Waals surface area contributed by atoms with E-state index in [0.717, 1.165) is 19.6 Å². The molecule has 1 amide bonds. The van der Waals surface area contributed by atoms with Crippen molar-refractivity contribution in [3.05, 3.63) is 30.1 Å². The zero-order valence-electron chi connectivity index (χ0n) is 14.1.